The van der Waals surface area contributed by atoms with Crippen LogP contribution in [0.1, 0.15) is 18.1 Å². The van der Waals surface area contributed by atoms with Gasteiger partial charge in [-0.3, -0.25) is 4.68 Å². The molecule has 0 aliphatic heterocycles. The molecule has 0 aliphatic carbocycles. The Morgan fingerprint density at radius 3 is 2.42 bits per heavy atom. The van der Waals surface area contributed by atoms with Crippen LogP contribution in [0.2, 0.25) is 0 Å². The molecule has 0 spiro atoms. The van der Waals surface area contributed by atoms with E-state index in [4.69, 9.17) is 4.74 Å². The molecule has 2 aromatic carbocycles. The van der Waals surface area contributed by atoms with Crippen molar-refractivity contribution in [3.63, 3.8) is 0 Å². The van der Waals surface area contributed by atoms with E-state index in [9.17, 15) is 8.42 Å². The average molecular weight is 371 g/mol. The maximum atomic E-state index is 12.5. The Labute approximate surface area is 153 Å². The fourth-order valence-corrected chi connectivity index (χ4v) is 3.60. The van der Waals surface area contributed by atoms with Crippen LogP contribution < -0.4 is 9.46 Å². The molecule has 3 rings (SSSR count). The van der Waals surface area contributed by atoms with Gasteiger partial charge in [-0.05, 0) is 48.4 Å². The van der Waals surface area contributed by atoms with Crippen LogP contribution in [0.25, 0.3) is 0 Å². The lowest BCUT2D eigenvalue weighted by molar-refractivity contribution is 0.340. The Morgan fingerprint density at radius 1 is 1.04 bits per heavy atom. The average Bonchev–Trinajstić information content (AvgIpc) is 3.15. The normalized spacial score (nSPS) is 11.4. The fraction of sp³-hybridized carbons (Fsp3) is 0.211. The number of aromatic nitrogens is 2. The van der Waals surface area contributed by atoms with Crippen molar-refractivity contribution >= 4 is 10.0 Å². The molecule has 0 atom stereocenters. The zero-order valence-corrected chi connectivity index (χ0v) is 15.3. The van der Waals surface area contributed by atoms with Gasteiger partial charge >= 0.3 is 0 Å². The van der Waals surface area contributed by atoms with Gasteiger partial charge in [-0.15, -0.1) is 0 Å². The lowest BCUT2D eigenvalue weighted by Gasteiger charge is -2.12. The molecule has 0 aliphatic rings. The zero-order valence-electron chi connectivity index (χ0n) is 14.5. The highest BCUT2D eigenvalue weighted by atomic mass is 32.2. The van der Waals surface area contributed by atoms with E-state index < -0.39 is 10.0 Å². The van der Waals surface area contributed by atoms with Crippen LogP contribution >= 0.6 is 0 Å². The number of nitrogens with one attached hydrogen (secondary N) is 1. The smallest absolute Gasteiger partial charge is 0.240 e. The molecular weight excluding hydrogens is 350 g/mol. The van der Waals surface area contributed by atoms with Gasteiger partial charge in [0.25, 0.3) is 0 Å². The second kappa shape index (κ2) is 8.16. The molecule has 0 unspecified atom stereocenters. The van der Waals surface area contributed by atoms with Gasteiger partial charge in [0.2, 0.25) is 10.0 Å². The predicted molar refractivity (Wildman–Crippen MR) is 99.4 cm³/mol. The van der Waals surface area contributed by atoms with E-state index in [-0.39, 0.29) is 11.4 Å². The highest BCUT2D eigenvalue weighted by Gasteiger charge is 2.14. The van der Waals surface area contributed by atoms with Crippen LogP contribution in [0.3, 0.4) is 0 Å². The highest BCUT2D eigenvalue weighted by molar-refractivity contribution is 7.89. The number of benzene rings is 2. The minimum atomic E-state index is -3.60. The standard InChI is InChI=1S/C19H21N3O3S/c1-2-25-18-8-10-19(11-9-18)26(23,24)21-14-16-6-3-4-7-17(16)15-22-13-5-12-20-22/h3-13,21H,2,14-15H2,1H3. The van der Waals surface area contributed by atoms with Gasteiger partial charge in [-0.2, -0.15) is 5.10 Å². The van der Waals surface area contributed by atoms with Crippen molar-refractivity contribution in [1.29, 1.82) is 0 Å². The van der Waals surface area contributed by atoms with Crippen LogP contribution in [0, 0.1) is 0 Å². The minimum Gasteiger partial charge on any atom is -0.494 e. The fourth-order valence-electron chi connectivity index (χ4n) is 2.59. The van der Waals surface area contributed by atoms with E-state index in [0.29, 0.717) is 18.9 Å². The van der Waals surface area contributed by atoms with Crippen LogP contribution in [0.15, 0.2) is 71.9 Å². The SMILES string of the molecule is CCOc1ccc(S(=O)(=O)NCc2ccccc2Cn2cccn2)cc1. The molecule has 3 aromatic rings. The number of rotatable bonds is 8. The summed E-state index contributed by atoms with van der Waals surface area (Å²) < 4.78 is 34.9. The van der Waals surface area contributed by atoms with Gasteiger partial charge in [0.15, 0.2) is 0 Å². The Balaban J connectivity index is 1.71. The Kier molecular flexibility index (Phi) is 5.70. The first-order valence-corrected chi connectivity index (χ1v) is 9.83. The van der Waals surface area contributed by atoms with Gasteiger partial charge in [-0.1, -0.05) is 24.3 Å². The molecule has 0 radical (unpaired) electrons. The number of ether oxygens (including phenoxy) is 1. The third-order valence-corrected chi connectivity index (χ3v) is 5.32. The van der Waals surface area contributed by atoms with E-state index in [1.165, 1.54) is 0 Å². The first-order valence-electron chi connectivity index (χ1n) is 8.35. The summed E-state index contributed by atoms with van der Waals surface area (Å²) in [7, 11) is -3.60. The monoisotopic (exact) mass is 371 g/mol. The molecule has 6 nitrogen and oxygen atoms in total. The predicted octanol–water partition coefficient (Wildman–Crippen LogP) is 2.81. The summed E-state index contributed by atoms with van der Waals surface area (Å²) in [6.07, 6.45) is 3.60. The Hall–Kier alpha value is -2.64. The van der Waals surface area contributed by atoms with Gasteiger partial charge in [0, 0.05) is 18.9 Å². The van der Waals surface area contributed by atoms with E-state index >= 15 is 0 Å². The number of sulfonamides is 1. The van der Waals surface area contributed by atoms with Crippen molar-refractivity contribution in [3.8, 4) is 5.75 Å². The summed E-state index contributed by atoms with van der Waals surface area (Å²) in [6.45, 7) is 3.23. The zero-order chi connectivity index (χ0) is 18.4. The van der Waals surface area contributed by atoms with Gasteiger partial charge in [0.1, 0.15) is 5.75 Å². The maximum absolute atomic E-state index is 12.5. The van der Waals surface area contributed by atoms with Crippen LogP contribution in [-0.4, -0.2) is 24.8 Å². The van der Waals surface area contributed by atoms with Crippen LogP contribution in [0.4, 0.5) is 0 Å². The molecule has 26 heavy (non-hydrogen) atoms. The number of hydrogen-bond donors (Lipinski definition) is 1. The maximum Gasteiger partial charge on any atom is 0.240 e. The number of nitrogens with zero attached hydrogens (tertiary/aromatic N) is 2. The summed E-state index contributed by atoms with van der Waals surface area (Å²) in [5.74, 6) is 0.649. The summed E-state index contributed by atoms with van der Waals surface area (Å²) in [5, 5.41) is 4.20. The van der Waals surface area contributed by atoms with E-state index in [1.54, 1.807) is 35.1 Å². The van der Waals surface area contributed by atoms with Crippen molar-refractivity contribution in [2.45, 2.75) is 24.9 Å². The third kappa shape index (κ3) is 4.50. The van der Waals surface area contributed by atoms with Crippen molar-refractivity contribution < 1.29 is 13.2 Å². The lowest BCUT2D eigenvalue weighted by Crippen LogP contribution is -2.24. The van der Waals surface area contributed by atoms with E-state index in [0.717, 1.165) is 11.1 Å². The molecule has 1 N–H and O–H groups in total. The highest BCUT2D eigenvalue weighted by Crippen LogP contribution is 2.17. The summed E-state index contributed by atoms with van der Waals surface area (Å²) >= 11 is 0. The second-order valence-corrected chi connectivity index (χ2v) is 7.47. The quantitative estimate of drug-likeness (QED) is 0.661. The second-order valence-electron chi connectivity index (χ2n) is 5.70. The summed E-state index contributed by atoms with van der Waals surface area (Å²) in [6, 6.07) is 16.0. The topological polar surface area (TPSA) is 73.2 Å². The van der Waals surface area contributed by atoms with Gasteiger partial charge < -0.3 is 4.74 Å². The molecule has 0 amide bonds. The molecular formula is C19H21N3O3S. The molecule has 1 aromatic heterocycles. The van der Waals surface area contributed by atoms with E-state index in [2.05, 4.69) is 9.82 Å². The molecule has 1 heterocycles. The van der Waals surface area contributed by atoms with Crippen molar-refractivity contribution in [2.24, 2.45) is 0 Å². The van der Waals surface area contributed by atoms with Crippen molar-refractivity contribution in [1.82, 2.24) is 14.5 Å². The largest absolute Gasteiger partial charge is 0.494 e. The molecule has 136 valence electrons. The Bertz CT molecular complexity index is 936. The Morgan fingerprint density at radius 2 is 1.77 bits per heavy atom. The molecule has 0 fully saturated rings. The number of hydrogen-bond acceptors (Lipinski definition) is 4. The molecule has 7 heteroatoms. The summed E-state index contributed by atoms with van der Waals surface area (Å²) in [5.41, 5.74) is 1.93. The molecule has 0 bridgehead atoms. The van der Waals surface area contributed by atoms with Gasteiger partial charge in [0.05, 0.1) is 18.0 Å². The van der Waals surface area contributed by atoms with Crippen molar-refractivity contribution in [3.05, 3.63) is 78.1 Å². The minimum absolute atomic E-state index is 0.213. The van der Waals surface area contributed by atoms with Crippen LogP contribution in [0.5, 0.6) is 5.75 Å². The van der Waals surface area contributed by atoms with Crippen LogP contribution in [-0.2, 0) is 23.1 Å². The molecule has 0 saturated heterocycles. The summed E-state index contributed by atoms with van der Waals surface area (Å²) in [4.78, 5) is 0.213. The first-order chi connectivity index (χ1) is 12.6. The first kappa shape index (κ1) is 18.2. The lowest BCUT2D eigenvalue weighted by atomic mass is 10.1. The molecule has 0 saturated carbocycles. The van der Waals surface area contributed by atoms with E-state index in [1.807, 2.05) is 43.5 Å². The third-order valence-electron chi connectivity index (χ3n) is 3.91. The van der Waals surface area contributed by atoms with Gasteiger partial charge in [-0.25, -0.2) is 13.1 Å². The van der Waals surface area contributed by atoms with Crippen molar-refractivity contribution in [2.75, 3.05) is 6.61 Å².